The number of aromatic nitrogens is 3. The molecule has 4 rings (SSSR count). The number of benzene rings is 1. The van der Waals surface area contributed by atoms with Gasteiger partial charge in [0.05, 0.1) is 23.9 Å². The van der Waals surface area contributed by atoms with Crippen molar-refractivity contribution in [1.82, 2.24) is 14.1 Å². The molecule has 0 amide bonds. The zero-order valence-corrected chi connectivity index (χ0v) is 17.0. The molecule has 1 aliphatic heterocycles. The summed E-state index contributed by atoms with van der Waals surface area (Å²) in [6, 6.07) is 12.2. The van der Waals surface area contributed by atoms with Crippen molar-refractivity contribution >= 4 is 11.6 Å². The Kier molecular flexibility index (Phi) is 6.03. The van der Waals surface area contributed by atoms with Crippen molar-refractivity contribution in [3.05, 3.63) is 86.4 Å². The number of rotatable bonds is 5. The van der Waals surface area contributed by atoms with Crippen LogP contribution in [-0.4, -0.2) is 54.4 Å². The summed E-state index contributed by atoms with van der Waals surface area (Å²) in [7, 11) is 0. The lowest BCUT2D eigenvalue weighted by atomic mass is 10.1. The van der Waals surface area contributed by atoms with E-state index in [1.54, 1.807) is 6.07 Å². The molecule has 1 saturated heterocycles. The number of ether oxygens (including phenoxy) is 1. The molecular weight excluding hydrogens is 426 g/mol. The molecule has 31 heavy (non-hydrogen) atoms. The first-order valence-corrected chi connectivity index (χ1v) is 9.92. The fraction of sp³-hybridized carbons (Fsp3) is 0.286. The number of aliphatic hydroxyl groups excluding tert-OH is 3. The van der Waals surface area contributed by atoms with Gasteiger partial charge in [-0.05, 0) is 11.6 Å². The van der Waals surface area contributed by atoms with E-state index in [4.69, 9.17) is 16.3 Å². The molecule has 0 saturated carbocycles. The van der Waals surface area contributed by atoms with Crippen LogP contribution in [0.3, 0.4) is 0 Å². The van der Waals surface area contributed by atoms with Crippen molar-refractivity contribution in [3.8, 4) is 11.1 Å². The summed E-state index contributed by atoms with van der Waals surface area (Å²) in [5.74, 6) is 0. The maximum atomic E-state index is 13.0. The summed E-state index contributed by atoms with van der Waals surface area (Å²) in [5.41, 5.74) is 0.688. The Hall–Kier alpha value is -2.82. The van der Waals surface area contributed by atoms with E-state index in [1.165, 1.54) is 12.4 Å². The fourth-order valence-electron chi connectivity index (χ4n) is 3.55. The molecule has 3 heterocycles. The monoisotopic (exact) mass is 445 g/mol. The first kappa shape index (κ1) is 21.4. The molecule has 0 spiro atoms. The van der Waals surface area contributed by atoms with Gasteiger partial charge < -0.3 is 20.1 Å². The predicted octanol–water partition coefficient (Wildman–Crippen LogP) is 0.385. The lowest BCUT2D eigenvalue weighted by Crippen LogP contribution is -2.43. The zero-order valence-electron chi connectivity index (χ0n) is 16.2. The third-order valence-electron chi connectivity index (χ3n) is 5.20. The van der Waals surface area contributed by atoms with Crippen LogP contribution < -0.4 is 11.2 Å². The summed E-state index contributed by atoms with van der Waals surface area (Å²) in [6.07, 6.45) is -2.46. The molecule has 1 fully saturated rings. The maximum absolute atomic E-state index is 13.0. The van der Waals surface area contributed by atoms with Gasteiger partial charge in [-0.25, -0.2) is 4.79 Å². The van der Waals surface area contributed by atoms with Gasteiger partial charge in [0.1, 0.15) is 18.3 Å². The van der Waals surface area contributed by atoms with E-state index in [0.29, 0.717) is 16.3 Å². The van der Waals surface area contributed by atoms with Gasteiger partial charge in [0.25, 0.3) is 5.56 Å². The van der Waals surface area contributed by atoms with Crippen LogP contribution in [0.15, 0.2) is 64.4 Å². The Bertz CT molecular complexity index is 1200. The molecule has 0 radical (unpaired) electrons. The fourth-order valence-corrected chi connectivity index (χ4v) is 3.76. The van der Waals surface area contributed by atoms with Crippen LogP contribution in [0.4, 0.5) is 0 Å². The number of hydrogen-bond acceptors (Lipinski definition) is 7. The third-order valence-corrected chi connectivity index (χ3v) is 5.50. The molecule has 0 bridgehead atoms. The van der Waals surface area contributed by atoms with Gasteiger partial charge >= 0.3 is 5.69 Å². The average Bonchev–Trinajstić information content (AvgIpc) is 3.07. The van der Waals surface area contributed by atoms with E-state index in [-0.39, 0.29) is 6.54 Å². The van der Waals surface area contributed by atoms with Crippen molar-refractivity contribution < 1.29 is 20.1 Å². The van der Waals surface area contributed by atoms with Crippen LogP contribution in [0.2, 0.25) is 5.02 Å². The first-order valence-electron chi connectivity index (χ1n) is 9.55. The Morgan fingerprint density at radius 2 is 1.84 bits per heavy atom. The molecule has 9 nitrogen and oxygen atoms in total. The highest BCUT2D eigenvalue weighted by molar-refractivity contribution is 6.33. The van der Waals surface area contributed by atoms with Crippen molar-refractivity contribution in [1.29, 1.82) is 0 Å². The van der Waals surface area contributed by atoms with Crippen molar-refractivity contribution in [2.75, 3.05) is 6.61 Å². The van der Waals surface area contributed by atoms with Crippen molar-refractivity contribution in [3.63, 3.8) is 0 Å². The summed E-state index contributed by atoms with van der Waals surface area (Å²) in [4.78, 5) is 29.6. The quantitative estimate of drug-likeness (QED) is 0.518. The van der Waals surface area contributed by atoms with Crippen molar-refractivity contribution in [2.45, 2.75) is 31.1 Å². The highest BCUT2D eigenvalue weighted by Crippen LogP contribution is 2.29. The number of hydrogen-bond donors (Lipinski definition) is 3. The normalized spacial score (nSPS) is 23.2. The Morgan fingerprint density at radius 3 is 2.52 bits per heavy atom. The third kappa shape index (κ3) is 4.06. The van der Waals surface area contributed by atoms with Gasteiger partial charge in [0.2, 0.25) is 0 Å². The number of pyridine rings is 1. The summed E-state index contributed by atoms with van der Waals surface area (Å²) >= 11 is 6.28. The Balaban J connectivity index is 1.70. The van der Waals surface area contributed by atoms with Crippen LogP contribution in [0.5, 0.6) is 0 Å². The largest absolute Gasteiger partial charge is 0.394 e. The smallest absolute Gasteiger partial charge is 0.333 e. The van der Waals surface area contributed by atoms with Gasteiger partial charge in [-0.2, -0.15) is 0 Å². The lowest BCUT2D eigenvalue weighted by molar-refractivity contribution is -0.0555. The molecule has 2 unspecified atom stereocenters. The molecule has 3 aromatic rings. The summed E-state index contributed by atoms with van der Waals surface area (Å²) in [5, 5.41) is 29.9. The second-order valence-corrected chi connectivity index (χ2v) is 7.59. The van der Waals surface area contributed by atoms with Gasteiger partial charge in [0.15, 0.2) is 6.23 Å². The molecule has 162 valence electrons. The predicted molar refractivity (Wildman–Crippen MR) is 112 cm³/mol. The van der Waals surface area contributed by atoms with E-state index >= 15 is 0 Å². The molecule has 0 aliphatic carbocycles. The molecule has 1 aliphatic rings. The van der Waals surface area contributed by atoms with E-state index in [1.807, 2.05) is 30.3 Å². The Morgan fingerprint density at radius 1 is 1.10 bits per heavy atom. The van der Waals surface area contributed by atoms with E-state index in [0.717, 1.165) is 20.8 Å². The first-order chi connectivity index (χ1) is 14.9. The van der Waals surface area contributed by atoms with E-state index in [2.05, 4.69) is 4.98 Å². The van der Waals surface area contributed by atoms with Crippen LogP contribution in [0, 0.1) is 0 Å². The second kappa shape index (κ2) is 8.74. The molecule has 3 N–H and O–H groups in total. The summed E-state index contributed by atoms with van der Waals surface area (Å²) < 4.78 is 7.36. The van der Waals surface area contributed by atoms with Crippen molar-refractivity contribution in [2.24, 2.45) is 0 Å². The number of aliphatic hydroxyl groups is 3. The average molecular weight is 446 g/mol. The minimum atomic E-state index is -1.45. The van der Waals surface area contributed by atoms with Crippen LogP contribution in [0.1, 0.15) is 11.9 Å². The number of nitrogens with zero attached hydrogens (tertiary/aromatic N) is 3. The van der Waals surface area contributed by atoms with Gasteiger partial charge in [-0.15, -0.1) is 0 Å². The lowest BCUT2D eigenvalue weighted by Gasteiger charge is -2.18. The van der Waals surface area contributed by atoms with Gasteiger partial charge in [-0.1, -0.05) is 41.9 Å². The second-order valence-electron chi connectivity index (χ2n) is 7.18. The highest BCUT2D eigenvalue weighted by Gasteiger charge is 2.43. The summed E-state index contributed by atoms with van der Waals surface area (Å²) in [6.45, 7) is -0.662. The molecule has 2 aromatic heterocycles. The molecular formula is C21H20ClN3O6. The maximum Gasteiger partial charge on any atom is 0.333 e. The number of halogens is 1. The standard InChI is InChI=1S/C21H20ClN3O6/c22-15-9-23-13(8-14(15)12-4-2-1-3-5-12)10-25-17(27)6-7-24(21(25)30)20-19(29)18(28)16(11-26)31-20/h1-9,16,18-20,26,28-29H,10-11H2/t16-,18?,19?,20-/m1/s1. The SMILES string of the molecule is O=c1ccn([C@@H]2O[C@H](CO)C(O)C2O)c(=O)n1Cc1cc(-c2ccccc2)c(Cl)cn1. The topological polar surface area (TPSA) is 127 Å². The van der Waals surface area contributed by atoms with E-state index < -0.39 is 42.4 Å². The van der Waals surface area contributed by atoms with Gasteiger partial charge in [0, 0.05) is 24.0 Å². The highest BCUT2D eigenvalue weighted by atomic mass is 35.5. The molecule has 10 heteroatoms. The minimum absolute atomic E-state index is 0.135. The molecule has 1 aromatic carbocycles. The molecule has 4 atom stereocenters. The van der Waals surface area contributed by atoms with Crippen LogP contribution >= 0.6 is 11.6 Å². The van der Waals surface area contributed by atoms with Crippen LogP contribution in [-0.2, 0) is 11.3 Å². The zero-order chi connectivity index (χ0) is 22.1. The Labute approximate surface area is 181 Å². The van der Waals surface area contributed by atoms with E-state index in [9.17, 15) is 24.9 Å². The van der Waals surface area contributed by atoms with Crippen LogP contribution in [0.25, 0.3) is 11.1 Å². The van der Waals surface area contributed by atoms with Gasteiger partial charge in [-0.3, -0.25) is 18.9 Å². The minimum Gasteiger partial charge on any atom is -0.394 e.